The summed E-state index contributed by atoms with van der Waals surface area (Å²) >= 11 is 0. The molecule has 0 fully saturated rings. The van der Waals surface area contributed by atoms with Crippen LogP contribution in [-0.2, 0) is 0 Å². The summed E-state index contributed by atoms with van der Waals surface area (Å²) in [5.74, 6) is 0. The topological polar surface area (TPSA) is 12.0 Å². The van der Waals surface area contributed by atoms with Gasteiger partial charge in [-0.2, -0.15) is 0 Å². The zero-order valence-corrected chi connectivity index (χ0v) is 10.9. The summed E-state index contributed by atoms with van der Waals surface area (Å²) < 4.78 is 0. The second kappa shape index (κ2) is 6.37. The molecule has 0 aromatic heterocycles. The number of anilines is 1. The lowest BCUT2D eigenvalue weighted by Crippen LogP contribution is -1.92. The maximum Gasteiger partial charge on any atom is 0.0385 e. The van der Waals surface area contributed by atoms with Crippen LogP contribution in [-0.4, -0.2) is 0 Å². The summed E-state index contributed by atoms with van der Waals surface area (Å²) in [5, 5.41) is 3.33. The molecule has 0 saturated heterocycles. The average molecular weight is 217 g/mol. The minimum atomic E-state index is 1.16. The Kier molecular flexibility index (Phi) is 5.10. The van der Waals surface area contributed by atoms with Gasteiger partial charge in [-0.3, -0.25) is 0 Å². The van der Waals surface area contributed by atoms with Gasteiger partial charge < -0.3 is 5.32 Å². The van der Waals surface area contributed by atoms with Crippen molar-refractivity contribution in [2.75, 3.05) is 5.32 Å². The molecule has 1 rings (SSSR count). The van der Waals surface area contributed by atoms with Crippen molar-refractivity contribution >= 4 is 5.69 Å². The van der Waals surface area contributed by atoms with Gasteiger partial charge in [-0.1, -0.05) is 25.8 Å². The molecule has 0 spiro atoms. The summed E-state index contributed by atoms with van der Waals surface area (Å²) in [7, 11) is 0. The van der Waals surface area contributed by atoms with Crippen molar-refractivity contribution in [3.8, 4) is 0 Å². The highest BCUT2D eigenvalue weighted by Crippen LogP contribution is 2.18. The van der Waals surface area contributed by atoms with Gasteiger partial charge >= 0.3 is 0 Å². The summed E-state index contributed by atoms with van der Waals surface area (Å²) in [4.78, 5) is 0. The van der Waals surface area contributed by atoms with Gasteiger partial charge in [0.05, 0.1) is 0 Å². The Balaban J connectivity index is 2.58. The highest BCUT2D eigenvalue weighted by Gasteiger charge is 1.98. The summed E-state index contributed by atoms with van der Waals surface area (Å²) in [6, 6.07) is 4.40. The molecule has 0 unspecified atom stereocenters. The molecule has 0 bridgehead atoms. The smallest absolute Gasteiger partial charge is 0.0385 e. The van der Waals surface area contributed by atoms with Crippen LogP contribution in [0.2, 0.25) is 0 Å². The average Bonchev–Trinajstić information content (AvgIpc) is 2.25. The van der Waals surface area contributed by atoms with Crippen molar-refractivity contribution in [1.82, 2.24) is 0 Å². The molecule has 0 aliphatic carbocycles. The minimum Gasteiger partial charge on any atom is -0.362 e. The number of allylic oxidation sites excluding steroid dienone is 1. The SMILES string of the molecule is CCCC/C=C/Nc1cc(C)c(C)c(C)c1. The van der Waals surface area contributed by atoms with Crippen molar-refractivity contribution in [2.24, 2.45) is 0 Å². The predicted octanol–water partition coefficient (Wildman–Crippen LogP) is 4.73. The van der Waals surface area contributed by atoms with Gasteiger partial charge in [0.1, 0.15) is 0 Å². The van der Waals surface area contributed by atoms with Crippen molar-refractivity contribution in [1.29, 1.82) is 0 Å². The number of unbranched alkanes of at least 4 members (excludes halogenated alkanes) is 2. The molecule has 0 radical (unpaired) electrons. The Hall–Kier alpha value is -1.24. The molecular formula is C15H23N. The van der Waals surface area contributed by atoms with E-state index in [2.05, 4.69) is 57.4 Å². The third-order valence-electron chi connectivity index (χ3n) is 3.02. The van der Waals surface area contributed by atoms with Gasteiger partial charge in [-0.25, -0.2) is 0 Å². The summed E-state index contributed by atoms with van der Waals surface area (Å²) in [6.07, 6.45) is 7.94. The van der Waals surface area contributed by atoms with Crippen molar-refractivity contribution in [2.45, 2.75) is 47.0 Å². The fourth-order valence-electron chi connectivity index (χ4n) is 1.68. The van der Waals surface area contributed by atoms with Gasteiger partial charge in [0.2, 0.25) is 0 Å². The minimum absolute atomic E-state index is 1.16. The lowest BCUT2D eigenvalue weighted by molar-refractivity contribution is 0.814. The van der Waals surface area contributed by atoms with Crippen LogP contribution in [0.15, 0.2) is 24.4 Å². The summed E-state index contributed by atoms with van der Waals surface area (Å²) in [5.41, 5.74) is 5.28. The maximum atomic E-state index is 3.33. The van der Waals surface area contributed by atoms with E-state index in [0.29, 0.717) is 0 Å². The maximum absolute atomic E-state index is 3.33. The predicted molar refractivity (Wildman–Crippen MR) is 72.9 cm³/mol. The number of hydrogen-bond acceptors (Lipinski definition) is 1. The van der Waals surface area contributed by atoms with Crippen LogP contribution in [0.4, 0.5) is 5.69 Å². The first-order chi connectivity index (χ1) is 7.65. The Morgan fingerprint density at radius 3 is 2.31 bits per heavy atom. The Bertz CT molecular complexity index is 341. The van der Waals surface area contributed by atoms with Crippen LogP contribution in [0.5, 0.6) is 0 Å². The molecule has 0 saturated carbocycles. The highest BCUT2D eigenvalue weighted by molar-refractivity contribution is 5.53. The van der Waals surface area contributed by atoms with Crippen LogP contribution in [0.3, 0.4) is 0 Å². The van der Waals surface area contributed by atoms with Gasteiger partial charge in [0.15, 0.2) is 0 Å². The van der Waals surface area contributed by atoms with Crippen LogP contribution < -0.4 is 5.32 Å². The van der Waals surface area contributed by atoms with E-state index < -0.39 is 0 Å². The van der Waals surface area contributed by atoms with Crippen molar-refractivity contribution in [3.63, 3.8) is 0 Å². The number of benzene rings is 1. The van der Waals surface area contributed by atoms with Crippen molar-refractivity contribution in [3.05, 3.63) is 41.1 Å². The second-order valence-corrected chi connectivity index (χ2v) is 4.42. The fourth-order valence-corrected chi connectivity index (χ4v) is 1.68. The normalized spacial score (nSPS) is 11.0. The molecule has 1 nitrogen and oxygen atoms in total. The van der Waals surface area contributed by atoms with E-state index in [1.165, 1.54) is 35.2 Å². The lowest BCUT2D eigenvalue weighted by Gasteiger charge is -2.08. The summed E-state index contributed by atoms with van der Waals surface area (Å²) in [6.45, 7) is 8.71. The largest absolute Gasteiger partial charge is 0.362 e. The van der Waals surface area contributed by atoms with E-state index in [0.717, 1.165) is 6.42 Å². The molecule has 0 aliphatic rings. The zero-order valence-electron chi connectivity index (χ0n) is 10.9. The van der Waals surface area contributed by atoms with E-state index in [9.17, 15) is 0 Å². The van der Waals surface area contributed by atoms with Crippen LogP contribution in [0, 0.1) is 20.8 Å². The van der Waals surface area contributed by atoms with Crippen LogP contribution in [0.25, 0.3) is 0 Å². The van der Waals surface area contributed by atoms with Gasteiger partial charge in [-0.05, 0) is 62.2 Å². The highest BCUT2D eigenvalue weighted by atomic mass is 14.8. The molecule has 0 aliphatic heterocycles. The molecule has 88 valence electrons. The molecule has 1 heteroatoms. The standard InChI is InChI=1S/C15H23N/c1-5-6-7-8-9-16-15-10-12(2)14(4)13(3)11-15/h8-11,16H,5-7H2,1-4H3/b9-8+. The first-order valence-electron chi connectivity index (χ1n) is 6.14. The van der Waals surface area contributed by atoms with Gasteiger partial charge in [-0.15, -0.1) is 0 Å². The molecule has 0 amide bonds. The quantitative estimate of drug-likeness (QED) is 0.703. The van der Waals surface area contributed by atoms with E-state index >= 15 is 0 Å². The Morgan fingerprint density at radius 2 is 1.75 bits per heavy atom. The molecule has 0 atom stereocenters. The Morgan fingerprint density at radius 1 is 1.12 bits per heavy atom. The molecule has 1 aromatic rings. The number of rotatable bonds is 5. The molecule has 16 heavy (non-hydrogen) atoms. The first kappa shape index (κ1) is 12.8. The third-order valence-corrected chi connectivity index (χ3v) is 3.02. The van der Waals surface area contributed by atoms with E-state index in [4.69, 9.17) is 0 Å². The van der Waals surface area contributed by atoms with E-state index in [-0.39, 0.29) is 0 Å². The molecular weight excluding hydrogens is 194 g/mol. The molecule has 0 heterocycles. The van der Waals surface area contributed by atoms with Gasteiger partial charge in [0.25, 0.3) is 0 Å². The lowest BCUT2D eigenvalue weighted by atomic mass is 10.0. The Labute approximate surface area is 99.6 Å². The molecule has 1 aromatic carbocycles. The number of aryl methyl sites for hydroxylation is 2. The second-order valence-electron chi connectivity index (χ2n) is 4.42. The number of nitrogens with one attached hydrogen (secondary N) is 1. The zero-order chi connectivity index (χ0) is 12.0. The van der Waals surface area contributed by atoms with Crippen LogP contribution >= 0.6 is 0 Å². The van der Waals surface area contributed by atoms with Crippen LogP contribution in [0.1, 0.15) is 42.9 Å². The molecule has 1 N–H and O–H groups in total. The van der Waals surface area contributed by atoms with E-state index in [1.807, 2.05) is 0 Å². The first-order valence-corrected chi connectivity index (χ1v) is 6.14. The van der Waals surface area contributed by atoms with Gasteiger partial charge in [0, 0.05) is 5.69 Å². The fraction of sp³-hybridized carbons (Fsp3) is 0.467. The van der Waals surface area contributed by atoms with Crippen molar-refractivity contribution < 1.29 is 0 Å². The number of hydrogen-bond donors (Lipinski definition) is 1. The van der Waals surface area contributed by atoms with E-state index in [1.54, 1.807) is 0 Å². The third kappa shape index (κ3) is 3.73. The monoisotopic (exact) mass is 217 g/mol.